The summed E-state index contributed by atoms with van der Waals surface area (Å²) in [6, 6.07) is 38.7. The SMILES string of the molecule is C1CCOC1.CC(C)(C)[Si](C)(C)Oc1ccc2cc(Br)ccc2c1.COc1ccc(-c2ccc3cc(O[Si](C)(C)C(C)(C)C)ccc3c2)cc1C12CC3CC(CC(C3)C1)C2.COc1ccc(B(O)O)cc1C12CC3CC(CC(C3)C1)C2. The molecule has 1 heterocycles. The van der Waals surface area contributed by atoms with Crippen molar-refractivity contribution in [3.05, 3.63) is 125 Å². The van der Waals surface area contributed by atoms with Gasteiger partial charge in [0.05, 0.1) is 14.2 Å². The van der Waals surface area contributed by atoms with Crippen molar-refractivity contribution in [3.63, 3.8) is 0 Å². The van der Waals surface area contributed by atoms with Gasteiger partial charge in [-0.2, -0.15) is 0 Å². The van der Waals surface area contributed by atoms with Crippen LogP contribution in [-0.4, -0.2) is 61.2 Å². The van der Waals surface area contributed by atoms with Crippen LogP contribution in [-0.2, 0) is 15.6 Å². The molecule has 8 bridgehead atoms. The average molecular weight is 1190 g/mol. The molecule has 434 valence electrons. The zero-order valence-corrected chi connectivity index (χ0v) is 54.6. The number of ether oxygens (including phenoxy) is 3. The largest absolute Gasteiger partial charge is 0.543 e. The van der Waals surface area contributed by atoms with Gasteiger partial charge >= 0.3 is 7.12 Å². The summed E-state index contributed by atoms with van der Waals surface area (Å²) in [5.74, 6) is 9.36. The predicted molar refractivity (Wildman–Crippen MR) is 346 cm³/mol. The lowest BCUT2D eigenvalue weighted by Crippen LogP contribution is -2.49. The summed E-state index contributed by atoms with van der Waals surface area (Å²) in [6.45, 7) is 24.8. The Morgan fingerprint density at radius 3 is 1.26 bits per heavy atom. The maximum Gasteiger partial charge on any atom is 0.488 e. The van der Waals surface area contributed by atoms with Gasteiger partial charge in [-0.3, -0.25) is 0 Å². The molecule has 0 atom stereocenters. The zero-order chi connectivity index (χ0) is 57.7. The van der Waals surface area contributed by atoms with E-state index in [-0.39, 0.29) is 15.5 Å². The highest BCUT2D eigenvalue weighted by atomic mass is 79.9. The van der Waals surface area contributed by atoms with Crippen LogP contribution in [0.2, 0.25) is 36.3 Å². The lowest BCUT2D eigenvalue weighted by molar-refractivity contribution is -0.00626. The number of benzene rings is 6. The second-order valence-electron chi connectivity index (χ2n) is 29.1. The number of hydrogen-bond acceptors (Lipinski definition) is 7. The summed E-state index contributed by atoms with van der Waals surface area (Å²) in [6.07, 6.45) is 19.0. The number of rotatable bonds is 10. The summed E-state index contributed by atoms with van der Waals surface area (Å²) >= 11 is 3.50. The molecule has 81 heavy (non-hydrogen) atoms. The minimum absolute atomic E-state index is 0.189. The summed E-state index contributed by atoms with van der Waals surface area (Å²) in [5.41, 5.74) is 6.41. The van der Waals surface area contributed by atoms with Crippen molar-refractivity contribution in [3.8, 4) is 34.1 Å². The van der Waals surface area contributed by atoms with E-state index in [1.54, 1.807) is 13.2 Å². The van der Waals surface area contributed by atoms with Gasteiger partial charge in [-0.25, -0.2) is 0 Å². The molecule has 1 aliphatic heterocycles. The maximum absolute atomic E-state index is 9.51. The Bertz CT molecular complexity index is 3090. The van der Waals surface area contributed by atoms with Crippen LogP contribution in [0.4, 0.5) is 0 Å². The lowest BCUT2D eigenvalue weighted by atomic mass is 9.47. The number of hydrogen-bond donors (Lipinski definition) is 2. The molecule has 8 aliphatic carbocycles. The fourth-order valence-electron chi connectivity index (χ4n) is 15.6. The first-order valence-corrected chi connectivity index (χ1v) is 37.4. The number of fused-ring (bicyclic) bond motifs is 2. The summed E-state index contributed by atoms with van der Waals surface area (Å²) < 4.78 is 30.5. The Labute approximate surface area is 497 Å². The van der Waals surface area contributed by atoms with Gasteiger partial charge in [-0.05, 0) is 277 Å². The molecule has 0 aromatic heterocycles. The summed E-state index contributed by atoms with van der Waals surface area (Å²) in [7, 11) is -1.44. The van der Waals surface area contributed by atoms with Crippen LogP contribution in [0.5, 0.6) is 23.0 Å². The standard InChI is InChI=1S/C33H42O2Si.C17H23BO3.C16H21BrOSi.C4H8O/c1-32(2,3)36(5,6)35-29-11-9-26-16-25(7-8-27(26)17-29)28-10-12-31(34-4)30(18-28)33-19-22-13-23(20-33)15-24(14-22)21-33;1-21-16-3-2-14(18(19)20)7-15(16)17-8-11-4-12(9-17)6-13(5-11)10-17;1-16(2,3)19(4,5)18-15-9-7-12-10-14(17)8-6-13(12)11-15;1-2-4-5-3-1/h7-12,16-18,22-24H,13-15,19-21H2,1-6H3;2-3,7,11-13,19-20H,4-6,8-10H2,1H3;6-11H,1-5H3;1-4H2. The molecule has 9 fully saturated rings. The molecule has 8 saturated carbocycles. The van der Waals surface area contributed by atoms with Crippen LogP contribution in [0.15, 0.2) is 114 Å². The Hall–Kier alpha value is -4.10. The summed E-state index contributed by atoms with van der Waals surface area (Å²) in [4.78, 5) is 0. The van der Waals surface area contributed by atoms with Gasteiger partial charge in [0, 0.05) is 23.2 Å². The molecular weight excluding hydrogens is 1100 g/mol. The van der Waals surface area contributed by atoms with Crippen molar-refractivity contribution in [2.75, 3.05) is 27.4 Å². The van der Waals surface area contributed by atoms with Crippen LogP contribution >= 0.6 is 15.9 Å². The van der Waals surface area contributed by atoms with Crippen molar-refractivity contribution in [2.45, 2.75) is 179 Å². The topological polar surface area (TPSA) is 86.6 Å². The predicted octanol–water partition coefficient (Wildman–Crippen LogP) is 18.0. The van der Waals surface area contributed by atoms with E-state index < -0.39 is 23.8 Å². The van der Waals surface area contributed by atoms with Gasteiger partial charge in [-0.15, -0.1) is 0 Å². The lowest BCUT2D eigenvalue weighted by Gasteiger charge is -2.57. The van der Waals surface area contributed by atoms with Crippen molar-refractivity contribution < 1.29 is 33.1 Å². The van der Waals surface area contributed by atoms with Gasteiger partial charge in [0.15, 0.2) is 0 Å². The first kappa shape index (κ1) is 60.0. The molecule has 0 unspecified atom stereocenters. The van der Waals surface area contributed by atoms with Gasteiger partial charge in [0.1, 0.15) is 23.0 Å². The van der Waals surface area contributed by atoms with Crippen molar-refractivity contribution in [1.82, 2.24) is 0 Å². The van der Waals surface area contributed by atoms with Gasteiger partial charge < -0.3 is 33.1 Å². The van der Waals surface area contributed by atoms with E-state index in [0.717, 1.165) is 76.2 Å². The van der Waals surface area contributed by atoms with E-state index >= 15 is 0 Å². The molecule has 1 saturated heterocycles. The molecule has 9 aliphatic rings. The molecule has 15 rings (SSSR count). The Morgan fingerprint density at radius 1 is 0.481 bits per heavy atom. The Morgan fingerprint density at radius 2 is 0.852 bits per heavy atom. The molecule has 2 N–H and O–H groups in total. The van der Waals surface area contributed by atoms with E-state index in [1.807, 2.05) is 19.2 Å². The van der Waals surface area contributed by atoms with Crippen LogP contribution < -0.4 is 23.8 Å². The number of halogens is 1. The maximum atomic E-state index is 9.51. The van der Waals surface area contributed by atoms with Gasteiger partial charge in [0.25, 0.3) is 0 Å². The summed E-state index contributed by atoms with van der Waals surface area (Å²) in [5, 5.41) is 24.4. The fraction of sp³-hybridized carbons (Fsp3) is 0.543. The minimum Gasteiger partial charge on any atom is -0.543 e. The van der Waals surface area contributed by atoms with E-state index in [1.165, 1.54) is 134 Å². The smallest absolute Gasteiger partial charge is 0.488 e. The second-order valence-corrected chi connectivity index (χ2v) is 39.4. The molecule has 0 spiro atoms. The molecule has 7 nitrogen and oxygen atoms in total. The first-order chi connectivity index (χ1) is 38.3. The quantitative estimate of drug-likeness (QED) is 0.132. The molecule has 0 amide bonds. The van der Waals surface area contributed by atoms with E-state index in [2.05, 4.69) is 175 Å². The Kier molecular flexibility index (Phi) is 17.6. The van der Waals surface area contributed by atoms with Crippen molar-refractivity contribution in [2.24, 2.45) is 35.5 Å². The third-order valence-corrected chi connectivity index (χ3v) is 30.3. The monoisotopic (exact) mass is 1190 g/mol. The second kappa shape index (κ2) is 23.7. The van der Waals surface area contributed by atoms with Crippen LogP contribution in [0.3, 0.4) is 0 Å². The van der Waals surface area contributed by atoms with Crippen molar-refractivity contribution in [1.29, 1.82) is 0 Å². The highest BCUT2D eigenvalue weighted by Crippen LogP contribution is 2.63. The molecule has 6 aromatic rings. The third-order valence-electron chi connectivity index (χ3n) is 21.0. The van der Waals surface area contributed by atoms with Crippen molar-refractivity contribution >= 4 is 66.7 Å². The van der Waals surface area contributed by atoms with Gasteiger partial charge in [-0.1, -0.05) is 106 Å². The number of methoxy groups -OCH3 is 2. The highest BCUT2D eigenvalue weighted by molar-refractivity contribution is 9.10. The molecular formula is C70H94BBrO7Si2. The van der Waals surface area contributed by atoms with Gasteiger partial charge in [0.2, 0.25) is 16.6 Å². The molecule has 6 aromatic carbocycles. The van der Waals surface area contributed by atoms with E-state index in [0.29, 0.717) is 10.9 Å². The van der Waals surface area contributed by atoms with Crippen LogP contribution in [0, 0.1) is 35.5 Å². The Balaban J connectivity index is 0.000000139. The fourth-order valence-corrected chi connectivity index (χ4v) is 18.0. The van der Waals surface area contributed by atoms with E-state index in [9.17, 15) is 10.0 Å². The molecule has 0 radical (unpaired) electrons. The highest BCUT2D eigenvalue weighted by Gasteiger charge is 2.54. The van der Waals surface area contributed by atoms with E-state index in [4.69, 9.17) is 23.1 Å². The molecule has 11 heteroatoms. The zero-order valence-electron chi connectivity index (χ0n) is 51.1. The average Bonchev–Trinajstić information content (AvgIpc) is 4.12. The van der Waals surface area contributed by atoms with Crippen LogP contribution in [0.25, 0.3) is 32.7 Å². The first-order valence-electron chi connectivity index (χ1n) is 30.8. The minimum atomic E-state index is -1.85. The third kappa shape index (κ3) is 13.2. The van der Waals surface area contributed by atoms with Crippen LogP contribution in [0.1, 0.15) is 143 Å². The normalized spacial score (nSPS) is 26.2.